The average molecular weight is 265 g/mol. The maximum atomic E-state index is 3.83. The van der Waals surface area contributed by atoms with E-state index in [1.807, 2.05) is 11.3 Å². The smallest absolute Gasteiger partial charge is 0.0305 e. The Balaban J connectivity index is 1.93. The van der Waals surface area contributed by atoms with E-state index in [1.54, 1.807) is 0 Å². The van der Waals surface area contributed by atoms with Crippen LogP contribution in [0.2, 0.25) is 0 Å². The van der Waals surface area contributed by atoms with Gasteiger partial charge in [0.05, 0.1) is 0 Å². The van der Waals surface area contributed by atoms with E-state index in [9.17, 15) is 0 Å². The predicted molar refractivity (Wildman–Crippen MR) is 81.4 cm³/mol. The first kappa shape index (κ1) is 14.1. The third-order valence-electron chi connectivity index (χ3n) is 4.42. The van der Waals surface area contributed by atoms with Crippen LogP contribution >= 0.6 is 11.3 Å². The molecule has 2 rings (SSSR count). The van der Waals surface area contributed by atoms with Crippen LogP contribution in [0.15, 0.2) is 6.07 Å². The molecule has 1 saturated carbocycles. The summed E-state index contributed by atoms with van der Waals surface area (Å²) in [6, 6.07) is 3.50. The Labute approximate surface area is 116 Å². The minimum atomic E-state index is 0.492. The van der Waals surface area contributed by atoms with Gasteiger partial charge in [0.15, 0.2) is 0 Å². The minimum absolute atomic E-state index is 0.492. The van der Waals surface area contributed by atoms with Crippen LogP contribution in [-0.4, -0.2) is 6.04 Å². The topological polar surface area (TPSA) is 12.0 Å². The molecule has 18 heavy (non-hydrogen) atoms. The Hall–Kier alpha value is -0.340. The van der Waals surface area contributed by atoms with Crippen LogP contribution in [0, 0.1) is 19.8 Å². The summed E-state index contributed by atoms with van der Waals surface area (Å²) in [6.07, 6.45) is 7.15. The molecule has 2 unspecified atom stereocenters. The molecule has 0 amide bonds. The van der Waals surface area contributed by atoms with Gasteiger partial charge in [-0.15, -0.1) is 11.3 Å². The van der Waals surface area contributed by atoms with Crippen molar-refractivity contribution in [3.63, 3.8) is 0 Å². The van der Waals surface area contributed by atoms with Crippen LogP contribution in [0.5, 0.6) is 0 Å². The molecule has 1 heterocycles. The lowest BCUT2D eigenvalue weighted by Crippen LogP contribution is -2.36. The molecule has 0 aliphatic heterocycles. The summed E-state index contributed by atoms with van der Waals surface area (Å²) in [5, 5.41) is 3.83. The van der Waals surface area contributed by atoms with Gasteiger partial charge in [0, 0.05) is 21.8 Å². The van der Waals surface area contributed by atoms with Gasteiger partial charge in [-0.05, 0) is 58.1 Å². The second-order valence-corrected chi connectivity index (χ2v) is 7.40. The van der Waals surface area contributed by atoms with Gasteiger partial charge in [-0.2, -0.15) is 0 Å². The van der Waals surface area contributed by atoms with Crippen LogP contribution in [0.1, 0.15) is 67.3 Å². The highest BCUT2D eigenvalue weighted by atomic mass is 32.1. The van der Waals surface area contributed by atoms with Gasteiger partial charge in [-0.1, -0.05) is 19.3 Å². The number of nitrogens with one attached hydrogen (secondary N) is 1. The molecule has 0 spiro atoms. The van der Waals surface area contributed by atoms with Crippen LogP contribution in [0.25, 0.3) is 0 Å². The highest BCUT2D eigenvalue weighted by Crippen LogP contribution is 2.30. The van der Waals surface area contributed by atoms with E-state index in [0.29, 0.717) is 12.1 Å². The summed E-state index contributed by atoms with van der Waals surface area (Å²) < 4.78 is 0. The standard InChI is InChI=1S/C16H27NS/c1-11-10-16(14(4)18-11)13(3)17-12(2)15-8-6-5-7-9-15/h10,12-13,15,17H,5-9H2,1-4H3. The number of hydrogen-bond donors (Lipinski definition) is 1. The van der Waals surface area contributed by atoms with Crippen molar-refractivity contribution >= 4 is 11.3 Å². The highest BCUT2D eigenvalue weighted by Gasteiger charge is 2.22. The molecule has 0 radical (unpaired) electrons. The van der Waals surface area contributed by atoms with Gasteiger partial charge in [0.2, 0.25) is 0 Å². The molecule has 2 atom stereocenters. The fourth-order valence-corrected chi connectivity index (χ4v) is 4.36. The number of rotatable bonds is 4. The average Bonchev–Trinajstić information content (AvgIpc) is 2.69. The maximum absolute atomic E-state index is 3.83. The molecule has 1 aliphatic rings. The first-order valence-electron chi connectivity index (χ1n) is 7.41. The van der Waals surface area contributed by atoms with Crippen molar-refractivity contribution in [1.29, 1.82) is 0 Å². The Morgan fingerprint density at radius 3 is 2.39 bits per heavy atom. The van der Waals surface area contributed by atoms with E-state index in [4.69, 9.17) is 0 Å². The lowest BCUT2D eigenvalue weighted by Gasteiger charge is -2.30. The van der Waals surface area contributed by atoms with Gasteiger partial charge in [-0.25, -0.2) is 0 Å². The maximum Gasteiger partial charge on any atom is 0.0305 e. The second kappa shape index (κ2) is 6.21. The Bertz CT molecular complexity index is 376. The normalized spacial score (nSPS) is 20.9. The molecule has 1 aromatic heterocycles. The summed E-state index contributed by atoms with van der Waals surface area (Å²) in [7, 11) is 0. The molecule has 1 aliphatic carbocycles. The predicted octanol–water partition coefficient (Wildman–Crippen LogP) is 4.98. The van der Waals surface area contributed by atoms with Crippen molar-refractivity contribution in [1.82, 2.24) is 5.32 Å². The Morgan fingerprint density at radius 1 is 1.17 bits per heavy atom. The molecular weight excluding hydrogens is 238 g/mol. The van der Waals surface area contributed by atoms with Crippen LogP contribution in [-0.2, 0) is 0 Å². The lowest BCUT2D eigenvalue weighted by atomic mass is 9.84. The van der Waals surface area contributed by atoms with Crippen molar-refractivity contribution < 1.29 is 0 Å². The Morgan fingerprint density at radius 2 is 1.83 bits per heavy atom. The van der Waals surface area contributed by atoms with E-state index in [1.165, 1.54) is 47.4 Å². The van der Waals surface area contributed by atoms with Crippen molar-refractivity contribution in [2.75, 3.05) is 0 Å². The number of aryl methyl sites for hydroxylation is 2. The Kier molecular flexibility index (Phi) is 4.85. The lowest BCUT2D eigenvalue weighted by molar-refractivity contribution is 0.268. The fraction of sp³-hybridized carbons (Fsp3) is 0.750. The minimum Gasteiger partial charge on any atom is -0.307 e. The summed E-state index contributed by atoms with van der Waals surface area (Å²) >= 11 is 1.92. The molecule has 0 saturated heterocycles. The molecule has 1 aromatic rings. The van der Waals surface area contributed by atoms with Crippen LogP contribution in [0.3, 0.4) is 0 Å². The number of hydrogen-bond acceptors (Lipinski definition) is 2. The van der Waals surface area contributed by atoms with Gasteiger partial charge >= 0.3 is 0 Å². The number of thiophene rings is 1. The van der Waals surface area contributed by atoms with Gasteiger partial charge in [0.25, 0.3) is 0 Å². The third kappa shape index (κ3) is 3.36. The van der Waals surface area contributed by atoms with E-state index in [-0.39, 0.29) is 0 Å². The fourth-order valence-electron chi connectivity index (χ4n) is 3.33. The van der Waals surface area contributed by atoms with Crippen LogP contribution in [0.4, 0.5) is 0 Å². The highest BCUT2D eigenvalue weighted by molar-refractivity contribution is 7.12. The van der Waals surface area contributed by atoms with Gasteiger partial charge in [-0.3, -0.25) is 0 Å². The molecule has 2 heteroatoms. The van der Waals surface area contributed by atoms with Crippen molar-refractivity contribution in [3.05, 3.63) is 21.4 Å². The zero-order valence-corrected chi connectivity index (χ0v) is 13.1. The molecule has 0 aromatic carbocycles. The van der Waals surface area contributed by atoms with Crippen molar-refractivity contribution in [2.45, 2.75) is 71.9 Å². The van der Waals surface area contributed by atoms with Crippen molar-refractivity contribution in [3.8, 4) is 0 Å². The van der Waals surface area contributed by atoms with Gasteiger partial charge in [0.1, 0.15) is 0 Å². The van der Waals surface area contributed by atoms with Gasteiger partial charge < -0.3 is 5.32 Å². The summed E-state index contributed by atoms with van der Waals surface area (Å²) in [5.74, 6) is 0.890. The largest absolute Gasteiger partial charge is 0.307 e. The first-order valence-corrected chi connectivity index (χ1v) is 8.22. The first-order chi connectivity index (χ1) is 8.58. The van der Waals surface area contributed by atoms with E-state index in [2.05, 4.69) is 39.1 Å². The van der Waals surface area contributed by atoms with E-state index >= 15 is 0 Å². The monoisotopic (exact) mass is 265 g/mol. The van der Waals surface area contributed by atoms with Crippen molar-refractivity contribution in [2.24, 2.45) is 5.92 Å². The third-order valence-corrected chi connectivity index (χ3v) is 5.40. The summed E-state index contributed by atoms with van der Waals surface area (Å²) in [4.78, 5) is 2.91. The molecule has 102 valence electrons. The molecule has 1 N–H and O–H groups in total. The van der Waals surface area contributed by atoms with E-state index < -0.39 is 0 Å². The molecule has 1 nitrogen and oxygen atoms in total. The molecular formula is C16H27NS. The molecule has 1 fully saturated rings. The summed E-state index contributed by atoms with van der Waals surface area (Å²) in [5.41, 5.74) is 1.50. The molecule has 0 bridgehead atoms. The summed E-state index contributed by atoms with van der Waals surface area (Å²) in [6.45, 7) is 9.14. The van der Waals surface area contributed by atoms with E-state index in [0.717, 1.165) is 5.92 Å². The second-order valence-electron chi connectivity index (χ2n) is 5.94. The zero-order chi connectivity index (χ0) is 13.1. The van der Waals surface area contributed by atoms with Crippen LogP contribution < -0.4 is 5.32 Å². The SMILES string of the molecule is Cc1cc(C(C)NC(C)C2CCCCC2)c(C)s1. The quantitative estimate of drug-likeness (QED) is 0.809. The zero-order valence-electron chi connectivity index (χ0n) is 12.3.